The number of halogens is 3. The van der Waals surface area contributed by atoms with Crippen molar-refractivity contribution in [3.8, 4) is 0 Å². The predicted octanol–water partition coefficient (Wildman–Crippen LogP) is 2.82. The molecule has 18 heavy (non-hydrogen) atoms. The second kappa shape index (κ2) is 5.32. The number of nitrogens with zero attached hydrogens (tertiary/aromatic N) is 1. The first-order valence-electron chi connectivity index (χ1n) is 5.29. The molecule has 2 aromatic rings. The molecule has 0 saturated carbocycles. The van der Waals surface area contributed by atoms with Crippen LogP contribution in [0.15, 0.2) is 36.7 Å². The largest absolute Gasteiger partial charge is 0.413 e. The second-order valence-corrected chi connectivity index (χ2v) is 3.78. The number of aromatic nitrogens is 1. The maximum atomic E-state index is 11.8. The zero-order valence-electron chi connectivity index (χ0n) is 9.37. The Kier molecular flexibility index (Phi) is 3.78. The van der Waals surface area contributed by atoms with E-state index in [1.54, 1.807) is 12.4 Å². The van der Waals surface area contributed by atoms with Gasteiger partial charge in [-0.05, 0) is 23.1 Å². The normalized spacial score (nSPS) is 11.9. The minimum Gasteiger partial charge on any atom is -0.292 e. The van der Waals surface area contributed by atoms with Crippen LogP contribution in [0.2, 0.25) is 0 Å². The highest BCUT2D eigenvalue weighted by molar-refractivity contribution is 5.81. The fourth-order valence-corrected chi connectivity index (χ4v) is 1.51. The summed E-state index contributed by atoms with van der Waals surface area (Å²) in [5.74, 6) is 0. The lowest BCUT2D eigenvalue weighted by Gasteiger charge is -2.08. The van der Waals surface area contributed by atoms with E-state index < -0.39 is 12.8 Å². The highest BCUT2D eigenvalue weighted by atomic mass is 19.4. The summed E-state index contributed by atoms with van der Waals surface area (Å²) in [6.45, 7) is -1.08. The molecule has 0 spiro atoms. The highest BCUT2D eigenvalue weighted by Gasteiger charge is 2.27. The summed E-state index contributed by atoms with van der Waals surface area (Å²) < 4.78 is 35.5. The van der Waals surface area contributed by atoms with Crippen LogP contribution in [0, 0.1) is 0 Å². The Morgan fingerprint density at radius 1 is 1.17 bits per heavy atom. The number of pyridine rings is 1. The first kappa shape index (κ1) is 12.8. The lowest BCUT2D eigenvalue weighted by Crippen LogP contribution is -2.24. The van der Waals surface area contributed by atoms with E-state index in [-0.39, 0.29) is 6.54 Å². The third-order valence-electron chi connectivity index (χ3n) is 2.32. The standard InChI is InChI=1S/C12H11F3N2O/c13-12(14,15)8-18-17-6-9-1-2-11-7-16-4-3-10(11)5-9/h1-5,7,17H,6,8H2. The van der Waals surface area contributed by atoms with Gasteiger partial charge < -0.3 is 0 Å². The molecule has 1 aromatic carbocycles. The van der Waals surface area contributed by atoms with Crippen LogP contribution in [-0.2, 0) is 11.4 Å². The summed E-state index contributed by atoms with van der Waals surface area (Å²) in [7, 11) is 0. The van der Waals surface area contributed by atoms with E-state index in [0.717, 1.165) is 16.3 Å². The monoisotopic (exact) mass is 256 g/mol. The van der Waals surface area contributed by atoms with E-state index in [0.29, 0.717) is 0 Å². The number of alkyl halides is 3. The van der Waals surface area contributed by atoms with E-state index in [1.165, 1.54) is 0 Å². The molecule has 0 unspecified atom stereocenters. The second-order valence-electron chi connectivity index (χ2n) is 3.78. The van der Waals surface area contributed by atoms with Gasteiger partial charge in [-0.3, -0.25) is 9.82 Å². The van der Waals surface area contributed by atoms with Gasteiger partial charge in [0.1, 0.15) is 0 Å². The van der Waals surface area contributed by atoms with Crippen molar-refractivity contribution in [2.75, 3.05) is 6.61 Å². The van der Waals surface area contributed by atoms with Gasteiger partial charge in [-0.25, -0.2) is 0 Å². The van der Waals surface area contributed by atoms with Crippen LogP contribution in [0.4, 0.5) is 13.2 Å². The van der Waals surface area contributed by atoms with Crippen LogP contribution in [0.3, 0.4) is 0 Å². The topological polar surface area (TPSA) is 34.1 Å². The van der Waals surface area contributed by atoms with Crippen LogP contribution in [0.25, 0.3) is 10.8 Å². The number of benzene rings is 1. The van der Waals surface area contributed by atoms with E-state index in [1.807, 2.05) is 24.3 Å². The Morgan fingerprint density at radius 3 is 2.78 bits per heavy atom. The van der Waals surface area contributed by atoms with Gasteiger partial charge in [-0.2, -0.15) is 18.7 Å². The van der Waals surface area contributed by atoms with Crippen molar-refractivity contribution in [3.05, 3.63) is 42.2 Å². The average Bonchev–Trinajstić information content (AvgIpc) is 2.33. The van der Waals surface area contributed by atoms with Gasteiger partial charge in [-0.15, -0.1) is 0 Å². The van der Waals surface area contributed by atoms with Crippen molar-refractivity contribution in [2.45, 2.75) is 12.7 Å². The minimum absolute atomic E-state index is 0.217. The minimum atomic E-state index is -4.32. The molecule has 6 heteroatoms. The molecule has 0 radical (unpaired) electrons. The summed E-state index contributed by atoms with van der Waals surface area (Å²) in [5, 5.41) is 1.97. The fraction of sp³-hybridized carbons (Fsp3) is 0.250. The van der Waals surface area contributed by atoms with Crippen molar-refractivity contribution < 1.29 is 18.0 Å². The van der Waals surface area contributed by atoms with Crippen molar-refractivity contribution in [1.82, 2.24) is 10.5 Å². The Morgan fingerprint density at radius 2 is 2.00 bits per heavy atom. The molecule has 2 rings (SSSR count). The van der Waals surface area contributed by atoms with E-state index >= 15 is 0 Å². The number of hydrogen-bond donors (Lipinski definition) is 1. The lowest BCUT2D eigenvalue weighted by molar-refractivity contribution is -0.190. The van der Waals surface area contributed by atoms with Crippen molar-refractivity contribution in [3.63, 3.8) is 0 Å². The number of hydroxylamine groups is 1. The molecule has 0 saturated heterocycles. The smallest absolute Gasteiger partial charge is 0.292 e. The van der Waals surface area contributed by atoms with Gasteiger partial charge in [0, 0.05) is 24.3 Å². The van der Waals surface area contributed by atoms with Gasteiger partial charge in [0.25, 0.3) is 0 Å². The Balaban J connectivity index is 1.92. The molecule has 0 bridgehead atoms. The first-order chi connectivity index (χ1) is 8.54. The van der Waals surface area contributed by atoms with E-state index in [4.69, 9.17) is 0 Å². The number of hydrogen-bond acceptors (Lipinski definition) is 3. The Hall–Kier alpha value is -1.66. The number of rotatable bonds is 4. The number of nitrogens with one attached hydrogen (secondary N) is 1. The number of fused-ring (bicyclic) bond motifs is 1. The van der Waals surface area contributed by atoms with E-state index in [9.17, 15) is 13.2 Å². The molecule has 0 amide bonds. The predicted molar refractivity (Wildman–Crippen MR) is 60.6 cm³/mol. The van der Waals surface area contributed by atoms with Gasteiger partial charge in [0.15, 0.2) is 6.61 Å². The van der Waals surface area contributed by atoms with Gasteiger partial charge in [0.2, 0.25) is 0 Å². The van der Waals surface area contributed by atoms with Gasteiger partial charge >= 0.3 is 6.18 Å². The zero-order chi connectivity index (χ0) is 13.0. The summed E-state index contributed by atoms with van der Waals surface area (Å²) in [5.41, 5.74) is 3.13. The fourth-order valence-electron chi connectivity index (χ4n) is 1.51. The SMILES string of the molecule is FC(F)(F)CONCc1ccc2cnccc2c1. The molecule has 3 nitrogen and oxygen atoms in total. The maximum Gasteiger partial charge on any atom is 0.413 e. The molecule has 0 aliphatic carbocycles. The van der Waals surface area contributed by atoms with Crippen LogP contribution >= 0.6 is 0 Å². The van der Waals surface area contributed by atoms with Crippen molar-refractivity contribution in [2.24, 2.45) is 0 Å². The molecule has 0 aliphatic heterocycles. The summed E-state index contributed by atoms with van der Waals surface area (Å²) in [6, 6.07) is 7.40. The van der Waals surface area contributed by atoms with Crippen molar-refractivity contribution in [1.29, 1.82) is 0 Å². The van der Waals surface area contributed by atoms with Crippen LogP contribution in [-0.4, -0.2) is 17.8 Å². The van der Waals surface area contributed by atoms with Crippen LogP contribution < -0.4 is 5.48 Å². The highest BCUT2D eigenvalue weighted by Crippen LogP contribution is 2.15. The molecule has 1 aromatic heterocycles. The molecule has 1 heterocycles. The van der Waals surface area contributed by atoms with Crippen molar-refractivity contribution >= 4 is 10.8 Å². The molecule has 0 atom stereocenters. The zero-order valence-corrected chi connectivity index (χ0v) is 9.37. The van der Waals surface area contributed by atoms with E-state index in [2.05, 4.69) is 15.3 Å². The average molecular weight is 256 g/mol. The summed E-state index contributed by atoms with van der Waals surface area (Å²) >= 11 is 0. The molecule has 0 fully saturated rings. The molecular weight excluding hydrogens is 245 g/mol. The van der Waals surface area contributed by atoms with Crippen LogP contribution in [0.5, 0.6) is 0 Å². The van der Waals surface area contributed by atoms with Crippen LogP contribution in [0.1, 0.15) is 5.56 Å². The third kappa shape index (κ3) is 3.68. The lowest BCUT2D eigenvalue weighted by atomic mass is 10.1. The quantitative estimate of drug-likeness (QED) is 0.674. The Labute approximate surface area is 102 Å². The third-order valence-corrected chi connectivity index (χ3v) is 2.32. The molecular formula is C12H11F3N2O. The molecule has 1 N–H and O–H groups in total. The first-order valence-corrected chi connectivity index (χ1v) is 5.29. The summed E-state index contributed by atoms with van der Waals surface area (Å²) in [6.07, 6.45) is -0.922. The Bertz CT molecular complexity index is 528. The molecule has 96 valence electrons. The van der Waals surface area contributed by atoms with Gasteiger partial charge in [0.05, 0.1) is 0 Å². The maximum absolute atomic E-state index is 11.8. The molecule has 0 aliphatic rings. The summed E-state index contributed by atoms with van der Waals surface area (Å²) in [4.78, 5) is 8.31. The van der Waals surface area contributed by atoms with Gasteiger partial charge in [-0.1, -0.05) is 12.1 Å².